The van der Waals surface area contributed by atoms with Gasteiger partial charge < -0.3 is 18.9 Å². The minimum Gasteiger partial charge on any atom is -0.489 e. The van der Waals surface area contributed by atoms with Gasteiger partial charge in [0.25, 0.3) is 0 Å². The maximum atomic E-state index is 12.7. The van der Waals surface area contributed by atoms with E-state index >= 15 is 0 Å². The molecule has 0 amide bonds. The van der Waals surface area contributed by atoms with E-state index in [-0.39, 0.29) is 24.9 Å². The summed E-state index contributed by atoms with van der Waals surface area (Å²) in [4.78, 5) is 12.7. The maximum absolute atomic E-state index is 12.7. The van der Waals surface area contributed by atoms with Crippen LogP contribution in [0.4, 0.5) is 0 Å². The molecular weight excluding hydrogens is 475 g/mol. The smallest absolute Gasteiger partial charge is 0.231 e. The van der Waals surface area contributed by atoms with Crippen LogP contribution in [0.1, 0.15) is 27.0 Å². The number of hydrogen-bond donors (Lipinski definition) is 0. The molecule has 0 unspecified atom stereocenters. The lowest BCUT2D eigenvalue weighted by Gasteiger charge is -2.21. The molecule has 0 spiro atoms. The van der Waals surface area contributed by atoms with E-state index in [2.05, 4.69) is 0 Å². The van der Waals surface area contributed by atoms with Crippen molar-refractivity contribution in [1.29, 1.82) is 0 Å². The van der Waals surface area contributed by atoms with E-state index in [9.17, 15) is 4.79 Å². The molecule has 2 aliphatic heterocycles. The Bertz CT molecular complexity index is 1250. The zero-order valence-electron chi connectivity index (χ0n) is 16.5. The quantitative estimate of drug-likeness (QED) is 0.381. The van der Waals surface area contributed by atoms with Crippen LogP contribution in [0.5, 0.6) is 17.2 Å². The summed E-state index contributed by atoms with van der Waals surface area (Å²) in [6.07, 6.45) is 1.55. The molecule has 0 N–H and O–H groups in total. The summed E-state index contributed by atoms with van der Waals surface area (Å²) >= 11 is 18.6. The Morgan fingerprint density at radius 2 is 1.84 bits per heavy atom. The molecule has 0 atom stereocenters. The van der Waals surface area contributed by atoms with Crippen LogP contribution in [0.2, 0.25) is 15.1 Å². The number of allylic oxidation sites excluding steroid dienone is 1. The summed E-state index contributed by atoms with van der Waals surface area (Å²) in [5.74, 6) is 1.55. The van der Waals surface area contributed by atoms with E-state index in [1.165, 1.54) is 0 Å². The number of rotatable bonds is 4. The molecule has 5 rings (SSSR count). The average Bonchev–Trinajstić information content (AvgIpc) is 3.09. The Morgan fingerprint density at radius 1 is 1.03 bits per heavy atom. The van der Waals surface area contributed by atoms with E-state index < -0.39 is 0 Å². The Hall–Kier alpha value is -2.70. The highest BCUT2D eigenvalue weighted by atomic mass is 35.5. The number of carbonyl (C=O) groups is 1. The van der Waals surface area contributed by atoms with Crippen molar-refractivity contribution in [3.05, 3.63) is 91.6 Å². The molecule has 0 fully saturated rings. The summed E-state index contributed by atoms with van der Waals surface area (Å²) in [5.41, 5.74) is 2.64. The first-order valence-corrected chi connectivity index (χ1v) is 10.8. The SMILES string of the molecule is O=C1/C(=C/c2c(Cl)cccc2Cl)Oc2cc(OCc3cc(Cl)cc4c3OCOC4)ccc21. The Morgan fingerprint density at radius 3 is 2.66 bits per heavy atom. The van der Waals surface area contributed by atoms with Gasteiger partial charge in [0.15, 0.2) is 12.6 Å². The lowest BCUT2D eigenvalue weighted by molar-refractivity contribution is -0.0175. The van der Waals surface area contributed by atoms with Crippen molar-refractivity contribution in [1.82, 2.24) is 0 Å². The van der Waals surface area contributed by atoms with Crippen molar-refractivity contribution in [3.63, 3.8) is 0 Å². The molecule has 0 aliphatic carbocycles. The fraction of sp³-hybridized carbons (Fsp3) is 0.125. The molecule has 0 bridgehead atoms. The number of hydrogen-bond acceptors (Lipinski definition) is 5. The summed E-state index contributed by atoms with van der Waals surface area (Å²) < 4.78 is 22.6. The average molecular weight is 490 g/mol. The number of halogens is 3. The Kier molecular flexibility index (Phi) is 5.74. The second-order valence-corrected chi connectivity index (χ2v) is 8.44. The van der Waals surface area contributed by atoms with E-state index in [0.717, 1.165) is 16.9 Å². The van der Waals surface area contributed by atoms with Gasteiger partial charge in [0, 0.05) is 37.8 Å². The summed E-state index contributed by atoms with van der Waals surface area (Å²) in [7, 11) is 0. The van der Waals surface area contributed by atoms with Gasteiger partial charge >= 0.3 is 0 Å². The van der Waals surface area contributed by atoms with E-state index in [1.807, 2.05) is 6.07 Å². The molecule has 162 valence electrons. The monoisotopic (exact) mass is 488 g/mol. The fourth-order valence-electron chi connectivity index (χ4n) is 3.56. The first-order chi connectivity index (χ1) is 15.5. The minimum absolute atomic E-state index is 0.143. The first-order valence-electron chi connectivity index (χ1n) is 9.66. The Labute approximate surface area is 199 Å². The molecule has 3 aromatic rings. The predicted molar refractivity (Wildman–Crippen MR) is 122 cm³/mol. The largest absolute Gasteiger partial charge is 0.489 e. The Balaban J connectivity index is 1.37. The van der Waals surface area contributed by atoms with Crippen molar-refractivity contribution in [2.24, 2.45) is 0 Å². The standard InChI is InChI=1S/C24H15Cl3O5/c25-15-6-13-10-29-12-31-24(13)14(7-15)11-30-16-4-5-17-21(8-16)32-22(23(17)28)9-18-19(26)2-1-3-20(18)27/h1-9H,10-12H2/b22-9-. The van der Waals surface area contributed by atoms with E-state index in [1.54, 1.807) is 48.5 Å². The van der Waals surface area contributed by atoms with Gasteiger partial charge in [-0.05, 0) is 42.5 Å². The number of carbonyl (C=O) groups excluding carboxylic acids is 1. The van der Waals surface area contributed by atoms with Crippen LogP contribution in [0.15, 0.2) is 54.3 Å². The lowest BCUT2D eigenvalue weighted by atomic mass is 10.1. The minimum atomic E-state index is -0.250. The van der Waals surface area contributed by atoms with Gasteiger partial charge in [-0.2, -0.15) is 0 Å². The molecule has 8 heteroatoms. The van der Waals surface area contributed by atoms with Crippen LogP contribution in [-0.2, 0) is 18.0 Å². The normalized spacial score (nSPS) is 15.7. The topological polar surface area (TPSA) is 54.0 Å². The fourth-order valence-corrected chi connectivity index (χ4v) is 4.33. The molecule has 5 nitrogen and oxygen atoms in total. The number of ether oxygens (including phenoxy) is 4. The van der Waals surface area contributed by atoms with Gasteiger partial charge in [-0.25, -0.2) is 0 Å². The zero-order valence-corrected chi connectivity index (χ0v) is 18.8. The van der Waals surface area contributed by atoms with Gasteiger partial charge in [0.1, 0.15) is 23.9 Å². The van der Waals surface area contributed by atoms with Crippen LogP contribution in [0.3, 0.4) is 0 Å². The molecule has 0 radical (unpaired) electrons. The number of fused-ring (bicyclic) bond motifs is 2. The molecular formula is C24H15Cl3O5. The number of ketones is 1. The molecule has 0 saturated heterocycles. The van der Waals surface area contributed by atoms with Crippen LogP contribution >= 0.6 is 34.8 Å². The van der Waals surface area contributed by atoms with Gasteiger partial charge in [0.05, 0.1) is 12.2 Å². The molecule has 2 aliphatic rings. The van der Waals surface area contributed by atoms with Gasteiger partial charge in [-0.3, -0.25) is 4.79 Å². The van der Waals surface area contributed by atoms with Crippen molar-refractivity contribution in [2.45, 2.75) is 13.2 Å². The third kappa shape index (κ3) is 4.05. The first kappa shape index (κ1) is 21.2. The summed E-state index contributed by atoms with van der Waals surface area (Å²) in [5, 5.41) is 1.44. The van der Waals surface area contributed by atoms with Crippen molar-refractivity contribution in [3.8, 4) is 17.2 Å². The molecule has 2 heterocycles. The second-order valence-electron chi connectivity index (χ2n) is 7.19. The highest BCUT2D eigenvalue weighted by Gasteiger charge is 2.28. The van der Waals surface area contributed by atoms with Gasteiger partial charge in [0.2, 0.25) is 5.78 Å². The van der Waals surface area contributed by atoms with Crippen LogP contribution in [-0.4, -0.2) is 12.6 Å². The maximum Gasteiger partial charge on any atom is 0.231 e. The van der Waals surface area contributed by atoms with Crippen molar-refractivity contribution >= 4 is 46.7 Å². The van der Waals surface area contributed by atoms with E-state index in [4.69, 9.17) is 53.8 Å². The molecule has 32 heavy (non-hydrogen) atoms. The number of Topliss-reactive ketones (excluding diaryl/α,β-unsaturated/α-hetero) is 1. The van der Waals surface area contributed by atoms with Crippen LogP contribution < -0.4 is 14.2 Å². The summed E-state index contributed by atoms with van der Waals surface area (Å²) in [6.45, 7) is 0.844. The third-order valence-corrected chi connectivity index (χ3v) is 5.94. The molecule has 0 aromatic heterocycles. The van der Waals surface area contributed by atoms with Crippen molar-refractivity contribution in [2.75, 3.05) is 6.79 Å². The summed E-state index contributed by atoms with van der Waals surface area (Å²) in [6, 6.07) is 13.8. The number of benzene rings is 3. The van der Waals surface area contributed by atoms with Crippen LogP contribution in [0.25, 0.3) is 6.08 Å². The van der Waals surface area contributed by atoms with Crippen molar-refractivity contribution < 1.29 is 23.7 Å². The van der Waals surface area contributed by atoms with Crippen LogP contribution in [0, 0.1) is 0 Å². The van der Waals surface area contributed by atoms with Gasteiger partial charge in [-0.15, -0.1) is 0 Å². The lowest BCUT2D eigenvalue weighted by Crippen LogP contribution is -2.14. The molecule has 0 saturated carbocycles. The highest BCUT2D eigenvalue weighted by molar-refractivity contribution is 6.37. The van der Waals surface area contributed by atoms with Gasteiger partial charge in [-0.1, -0.05) is 40.9 Å². The predicted octanol–water partition coefficient (Wildman–Crippen LogP) is 6.71. The molecule has 3 aromatic carbocycles. The second kappa shape index (κ2) is 8.68. The van der Waals surface area contributed by atoms with E-state index in [0.29, 0.717) is 44.3 Å². The zero-order chi connectivity index (χ0) is 22.2. The highest BCUT2D eigenvalue weighted by Crippen LogP contribution is 2.37. The third-order valence-electron chi connectivity index (χ3n) is 5.06.